The number of hydrogen-bond donors (Lipinski definition) is 3. The molecule has 0 aliphatic carbocycles. The fraction of sp³-hybridized carbons (Fsp3) is 0.211. The number of hydrogen-bond acceptors (Lipinski definition) is 5. The van der Waals surface area contributed by atoms with Crippen molar-refractivity contribution < 1.29 is 19.4 Å². The number of carboxylic acids is 1. The zero-order chi connectivity index (χ0) is 19.6. The van der Waals surface area contributed by atoms with E-state index in [-0.39, 0.29) is 5.56 Å². The maximum atomic E-state index is 10.9. The minimum absolute atomic E-state index is 0.238. The Kier molecular flexibility index (Phi) is 7.57. The Bertz CT molecular complexity index is 822. The normalized spacial score (nSPS) is 10.4. The number of hydrazone groups is 1. The van der Waals surface area contributed by atoms with Crippen LogP contribution in [0.2, 0.25) is 0 Å². The highest BCUT2D eigenvalue weighted by Crippen LogP contribution is 2.28. The topological polar surface area (TPSA) is 92.2 Å². The summed E-state index contributed by atoms with van der Waals surface area (Å²) in [6, 6.07) is 11.9. The highest BCUT2D eigenvalue weighted by atomic mass is 32.1. The first kappa shape index (κ1) is 20.2. The average molecular weight is 387 g/mol. The van der Waals surface area contributed by atoms with E-state index in [0.29, 0.717) is 23.2 Å². The third-order valence-electron chi connectivity index (χ3n) is 3.50. The van der Waals surface area contributed by atoms with Crippen molar-refractivity contribution in [3.05, 3.63) is 59.2 Å². The van der Waals surface area contributed by atoms with Crippen LogP contribution in [0, 0.1) is 0 Å². The van der Waals surface area contributed by atoms with Crippen molar-refractivity contribution in [1.29, 1.82) is 0 Å². The maximum absolute atomic E-state index is 10.9. The predicted octanol–water partition coefficient (Wildman–Crippen LogP) is 2.79. The highest BCUT2D eigenvalue weighted by molar-refractivity contribution is 7.80. The zero-order valence-electron chi connectivity index (χ0n) is 15.1. The fourth-order valence-corrected chi connectivity index (χ4v) is 2.35. The van der Waals surface area contributed by atoms with Crippen molar-refractivity contribution in [2.75, 3.05) is 13.7 Å². The monoisotopic (exact) mass is 387 g/mol. The molecule has 142 valence electrons. The molecule has 2 rings (SSSR count). The molecule has 0 aliphatic heterocycles. The van der Waals surface area contributed by atoms with Gasteiger partial charge in [-0.15, -0.1) is 0 Å². The van der Waals surface area contributed by atoms with E-state index in [2.05, 4.69) is 15.8 Å². The van der Waals surface area contributed by atoms with Crippen LogP contribution in [-0.4, -0.2) is 36.1 Å². The Morgan fingerprint density at radius 1 is 1.22 bits per heavy atom. The van der Waals surface area contributed by atoms with Crippen molar-refractivity contribution in [3.8, 4) is 11.5 Å². The molecule has 0 unspecified atom stereocenters. The molecule has 0 spiro atoms. The van der Waals surface area contributed by atoms with Crippen LogP contribution in [0.4, 0.5) is 0 Å². The summed E-state index contributed by atoms with van der Waals surface area (Å²) >= 11 is 5.03. The van der Waals surface area contributed by atoms with Crippen molar-refractivity contribution in [1.82, 2.24) is 10.7 Å². The molecule has 0 heterocycles. The molecular weight excluding hydrogens is 366 g/mol. The molecule has 0 radical (unpaired) electrons. The lowest BCUT2D eigenvalue weighted by Gasteiger charge is -2.11. The summed E-state index contributed by atoms with van der Waals surface area (Å²) in [7, 11) is 1.56. The molecule has 8 heteroatoms. The van der Waals surface area contributed by atoms with Gasteiger partial charge in [-0.3, -0.25) is 5.43 Å². The summed E-state index contributed by atoms with van der Waals surface area (Å²) in [6.07, 6.45) is 1.63. The van der Waals surface area contributed by atoms with Crippen LogP contribution in [0.25, 0.3) is 0 Å². The number of nitrogens with one attached hydrogen (secondary N) is 2. The predicted molar refractivity (Wildman–Crippen MR) is 108 cm³/mol. The number of nitrogens with zero attached hydrogens (tertiary/aromatic N) is 1. The molecule has 0 atom stereocenters. The van der Waals surface area contributed by atoms with Gasteiger partial charge in [0.1, 0.15) is 6.61 Å². The molecule has 0 aromatic heterocycles. The average Bonchev–Trinajstić information content (AvgIpc) is 2.67. The molecule has 0 bridgehead atoms. The highest BCUT2D eigenvalue weighted by Gasteiger charge is 2.07. The number of thiocarbonyl (C=S) groups is 1. The Balaban J connectivity index is 2.00. The lowest BCUT2D eigenvalue weighted by molar-refractivity contribution is 0.0697. The second-order valence-corrected chi connectivity index (χ2v) is 5.84. The lowest BCUT2D eigenvalue weighted by Crippen LogP contribution is -2.31. The van der Waals surface area contributed by atoms with Crippen LogP contribution >= 0.6 is 12.2 Å². The molecule has 7 nitrogen and oxygen atoms in total. The van der Waals surface area contributed by atoms with Gasteiger partial charge >= 0.3 is 5.97 Å². The Morgan fingerprint density at radius 2 is 1.96 bits per heavy atom. The molecule has 3 N–H and O–H groups in total. The van der Waals surface area contributed by atoms with Crippen LogP contribution in [0.1, 0.15) is 28.4 Å². The van der Waals surface area contributed by atoms with Gasteiger partial charge in [-0.1, -0.05) is 12.1 Å². The molecular formula is C19H21N3O4S. The van der Waals surface area contributed by atoms with Gasteiger partial charge in [0.15, 0.2) is 16.6 Å². The van der Waals surface area contributed by atoms with Gasteiger partial charge in [0.25, 0.3) is 0 Å². The van der Waals surface area contributed by atoms with Crippen LogP contribution in [-0.2, 0) is 6.61 Å². The van der Waals surface area contributed by atoms with Crippen molar-refractivity contribution in [3.63, 3.8) is 0 Å². The van der Waals surface area contributed by atoms with Gasteiger partial charge in [0.05, 0.1) is 18.9 Å². The molecule has 0 fully saturated rings. The van der Waals surface area contributed by atoms with Gasteiger partial charge in [-0.2, -0.15) is 5.10 Å². The number of carboxylic acid groups (broad SMARTS) is 1. The van der Waals surface area contributed by atoms with E-state index in [1.165, 1.54) is 0 Å². The molecule has 2 aromatic rings. The van der Waals surface area contributed by atoms with Crippen molar-refractivity contribution in [2.45, 2.75) is 13.5 Å². The molecule has 2 aromatic carbocycles. The number of ether oxygens (including phenoxy) is 2. The summed E-state index contributed by atoms with van der Waals surface area (Å²) in [5.41, 5.74) is 4.63. The van der Waals surface area contributed by atoms with E-state index < -0.39 is 5.97 Å². The molecule has 0 saturated heterocycles. The third kappa shape index (κ3) is 6.27. The second kappa shape index (κ2) is 10.1. The Morgan fingerprint density at radius 3 is 2.59 bits per heavy atom. The largest absolute Gasteiger partial charge is 0.493 e. The van der Waals surface area contributed by atoms with E-state index >= 15 is 0 Å². The van der Waals surface area contributed by atoms with E-state index in [9.17, 15) is 4.79 Å². The van der Waals surface area contributed by atoms with E-state index in [4.69, 9.17) is 26.8 Å². The second-order valence-electron chi connectivity index (χ2n) is 5.43. The van der Waals surface area contributed by atoms with Crippen LogP contribution in [0.15, 0.2) is 47.6 Å². The van der Waals surface area contributed by atoms with Gasteiger partial charge in [-0.25, -0.2) is 4.79 Å². The number of rotatable bonds is 8. The Labute approximate surface area is 163 Å². The first-order valence-electron chi connectivity index (χ1n) is 8.23. The summed E-state index contributed by atoms with van der Waals surface area (Å²) in [4.78, 5) is 10.9. The number of carbonyl (C=O) groups is 1. The first-order chi connectivity index (χ1) is 13.0. The van der Waals surface area contributed by atoms with Gasteiger partial charge in [-0.05, 0) is 60.6 Å². The summed E-state index contributed by atoms with van der Waals surface area (Å²) in [6.45, 7) is 2.96. The van der Waals surface area contributed by atoms with Crippen LogP contribution in [0.5, 0.6) is 11.5 Å². The quantitative estimate of drug-likeness (QED) is 0.364. The van der Waals surface area contributed by atoms with Crippen molar-refractivity contribution in [2.24, 2.45) is 5.10 Å². The molecule has 0 aliphatic rings. The molecule has 0 amide bonds. The smallest absolute Gasteiger partial charge is 0.335 e. The fourth-order valence-electron chi connectivity index (χ4n) is 2.15. The van der Waals surface area contributed by atoms with Gasteiger partial charge < -0.3 is 19.9 Å². The SMILES string of the molecule is CCNC(=S)N/N=C\c1ccc(OCc2ccc(C(=O)O)cc2)c(OC)c1. The van der Waals surface area contributed by atoms with Gasteiger partial charge in [0, 0.05) is 6.54 Å². The molecule has 27 heavy (non-hydrogen) atoms. The minimum atomic E-state index is -0.956. The minimum Gasteiger partial charge on any atom is -0.493 e. The van der Waals surface area contributed by atoms with E-state index in [0.717, 1.165) is 17.7 Å². The van der Waals surface area contributed by atoms with Crippen LogP contribution in [0.3, 0.4) is 0 Å². The zero-order valence-corrected chi connectivity index (χ0v) is 15.9. The Hall–Kier alpha value is -3.13. The third-order valence-corrected chi connectivity index (χ3v) is 3.74. The number of aromatic carboxylic acids is 1. The molecule has 0 saturated carbocycles. The van der Waals surface area contributed by atoms with E-state index in [1.54, 1.807) is 49.7 Å². The lowest BCUT2D eigenvalue weighted by atomic mass is 10.1. The van der Waals surface area contributed by atoms with E-state index in [1.807, 2.05) is 13.0 Å². The maximum Gasteiger partial charge on any atom is 0.335 e. The van der Waals surface area contributed by atoms with Crippen molar-refractivity contribution >= 4 is 29.5 Å². The summed E-state index contributed by atoms with van der Waals surface area (Å²) < 4.78 is 11.1. The standard InChI is InChI=1S/C19H21N3O4S/c1-3-20-19(27)22-21-11-14-6-9-16(17(10-14)25-2)26-12-13-4-7-15(8-5-13)18(23)24/h4-11H,3,12H2,1-2H3,(H,23,24)(H2,20,22,27)/b21-11-. The summed E-state index contributed by atoms with van der Waals surface area (Å²) in [5, 5.41) is 16.4. The number of benzene rings is 2. The first-order valence-corrected chi connectivity index (χ1v) is 8.64. The van der Waals surface area contributed by atoms with Gasteiger partial charge in [0.2, 0.25) is 0 Å². The van der Waals surface area contributed by atoms with Crippen LogP contribution < -0.4 is 20.2 Å². The summed E-state index contributed by atoms with van der Waals surface area (Å²) in [5.74, 6) is 0.186. The number of methoxy groups -OCH3 is 1.